The van der Waals surface area contributed by atoms with Gasteiger partial charge in [0.1, 0.15) is 10.6 Å². The number of rotatable bonds is 5. The number of anilines is 1. The van der Waals surface area contributed by atoms with Crippen LogP contribution in [0, 0.1) is 0 Å². The quantitative estimate of drug-likeness (QED) is 0.789. The number of nitrogens with zero attached hydrogens (tertiary/aromatic N) is 1. The number of alkyl halides is 3. The van der Waals surface area contributed by atoms with E-state index >= 15 is 0 Å². The van der Waals surface area contributed by atoms with Crippen LogP contribution in [0.3, 0.4) is 0 Å². The molecule has 7 nitrogen and oxygen atoms in total. The standard InChI is InChI=1S/C18H17F3N2O5S/c19-18(20,21)28-15-7-3-4-8-16(15)29(25,26)22-14-6-2-1-5-13(14)17(24)23-9-11-27-12-10-23/h1-8,22H,9-12H2. The molecule has 0 aliphatic carbocycles. The Morgan fingerprint density at radius 3 is 2.34 bits per heavy atom. The zero-order valence-corrected chi connectivity index (χ0v) is 15.8. The molecule has 0 bridgehead atoms. The lowest BCUT2D eigenvalue weighted by Gasteiger charge is -2.27. The summed E-state index contributed by atoms with van der Waals surface area (Å²) in [6.45, 7) is 1.42. The smallest absolute Gasteiger partial charge is 0.404 e. The summed E-state index contributed by atoms with van der Waals surface area (Å²) in [6.07, 6.45) is -5.06. The Labute approximate surface area is 165 Å². The lowest BCUT2D eigenvalue weighted by atomic mass is 10.1. The maximum absolute atomic E-state index is 12.8. The molecule has 1 aliphatic heterocycles. The maximum Gasteiger partial charge on any atom is 0.573 e. The van der Waals surface area contributed by atoms with E-state index in [1.54, 1.807) is 6.07 Å². The molecule has 2 aromatic rings. The van der Waals surface area contributed by atoms with Crippen molar-refractivity contribution in [2.24, 2.45) is 0 Å². The first-order chi connectivity index (χ1) is 13.7. The number of carbonyl (C=O) groups excluding carboxylic acids is 1. The average molecular weight is 430 g/mol. The van der Waals surface area contributed by atoms with Crippen molar-refractivity contribution < 1.29 is 35.9 Å². The van der Waals surface area contributed by atoms with Gasteiger partial charge < -0.3 is 14.4 Å². The highest BCUT2D eigenvalue weighted by Gasteiger charge is 2.34. The van der Waals surface area contributed by atoms with E-state index in [1.807, 2.05) is 0 Å². The van der Waals surface area contributed by atoms with Crippen LogP contribution in [0.2, 0.25) is 0 Å². The fourth-order valence-electron chi connectivity index (χ4n) is 2.78. The van der Waals surface area contributed by atoms with Gasteiger partial charge in [-0.15, -0.1) is 13.2 Å². The van der Waals surface area contributed by atoms with E-state index in [0.717, 1.165) is 12.1 Å². The minimum absolute atomic E-state index is 0.0502. The maximum atomic E-state index is 12.8. The van der Waals surface area contributed by atoms with E-state index in [9.17, 15) is 26.4 Å². The van der Waals surface area contributed by atoms with Crippen LogP contribution >= 0.6 is 0 Å². The second kappa shape index (κ2) is 8.29. The van der Waals surface area contributed by atoms with Gasteiger partial charge >= 0.3 is 6.36 Å². The van der Waals surface area contributed by atoms with Crippen LogP contribution in [-0.2, 0) is 14.8 Å². The molecule has 1 amide bonds. The molecule has 1 saturated heterocycles. The highest BCUT2D eigenvalue weighted by molar-refractivity contribution is 7.92. The van der Waals surface area contributed by atoms with Crippen molar-refractivity contribution in [1.29, 1.82) is 0 Å². The SMILES string of the molecule is O=C(c1ccccc1NS(=O)(=O)c1ccccc1OC(F)(F)F)N1CCOCC1. The van der Waals surface area contributed by atoms with Gasteiger partial charge in [-0.25, -0.2) is 8.42 Å². The summed E-state index contributed by atoms with van der Waals surface area (Å²) in [5, 5.41) is 0. The summed E-state index contributed by atoms with van der Waals surface area (Å²) in [7, 11) is -4.47. The molecule has 0 unspecified atom stereocenters. The number of nitrogens with one attached hydrogen (secondary N) is 1. The summed E-state index contributed by atoms with van der Waals surface area (Å²) in [5.74, 6) is -1.28. The van der Waals surface area contributed by atoms with E-state index < -0.39 is 32.9 Å². The Morgan fingerprint density at radius 1 is 1.03 bits per heavy atom. The van der Waals surface area contributed by atoms with Gasteiger partial charge in [0.15, 0.2) is 0 Å². The first kappa shape index (κ1) is 20.9. The van der Waals surface area contributed by atoms with Gasteiger partial charge in [-0.2, -0.15) is 0 Å². The Kier molecular flexibility index (Phi) is 5.99. The number of morpholine rings is 1. The van der Waals surface area contributed by atoms with Gasteiger partial charge in [0, 0.05) is 13.1 Å². The molecule has 11 heteroatoms. The zero-order chi connectivity index (χ0) is 21.1. The number of halogens is 3. The van der Waals surface area contributed by atoms with Gasteiger partial charge in [0.05, 0.1) is 24.5 Å². The molecule has 1 N–H and O–H groups in total. The predicted octanol–water partition coefficient (Wildman–Crippen LogP) is 2.86. The molecule has 0 aromatic heterocycles. The lowest BCUT2D eigenvalue weighted by Crippen LogP contribution is -2.41. The van der Waals surface area contributed by atoms with Crippen LogP contribution in [0.5, 0.6) is 5.75 Å². The molecule has 29 heavy (non-hydrogen) atoms. The Hall–Kier alpha value is -2.79. The van der Waals surface area contributed by atoms with Crippen molar-refractivity contribution in [2.45, 2.75) is 11.3 Å². The number of amides is 1. The van der Waals surface area contributed by atoms with Gasteiger partial charge in [-0.3, -0.25) is 9.52 Å². The summed E-state index contributed by atoms with van der Waals surface area (Å²) in [5.41, 5.74) is 0.0259. The van der Waals surface area contributed by atoms with Crippen LogP contribution in [0.25, 0.3) is 0 Å². The van der Waals surface area contributed by atoms with Crippen molar-refractivity contribution in [3.05, 3.63) is 54.1 Å². The third-order valence-electron chi connectivity index (χ3n) is 4.06. The molecular formula is C18H17F3N2O5S. The van der Waals surface area contributed by atoms with E-state index in [2.05, 4.69) is 9.46 Å². The van der Waals surface area contributed by atoms with E-state index in [0.29, 0.717) is 26.3 Å². The van der Waals surface area contributed by atoms with Gasteiger partial charge in [0.2, 0.25) is 0 Å². The largest absolute Gasteiger partial charge is 0.573 e. The number of sulfonamides is 1. The second-order valence-corrected chi connectivity index (χ2v) is 7.70. The van der Waals surface area contributed by atoms with Gasteiger partial charge in [0.25, 0.3) is 15.9 Å². The Bertz CT molecular complexity index is 989. The van der Waals surface area contributed by atoms with Crippen molar-refractivity contribution in [3.63, 3.8) is 0 Å². The first-order valence-electron chi connectivity index (χ1n) is 8.51. The summed E-state index contributed by atoms with van der Waals surface area (Å²) < 4.78 is 74.6. The Balaban J connectivity index is 1.92. The number of hydrogen-bond acceptors (Lipinski definition) is 5. The molecule has 2 aromatic carbocycles. The molecule has 1 aliphatic rings. The molecule has 0 radical (unpaired) electrons. The molecule has 0 saturated carbocycles. The number of carbonyl (C=O) groups is 1. The van der Waals surface area contributed by atoms with Crippen molar-refractivity contribution >= 4 is 21.6 Å². The summed E-state index contributed by atoms with van der Waals surface area (Å²) in [4.78, 5) is 13.6. The Morgan fingerprint density at radius 2 is 1.66 bits per heavy atom. The van der Waals surface area contributed by atoms with Crippen LogP contribution in [-0.4, -0.2) is 51.9 Å². The van der Waals surface area contributed by atoms with Crippen LogP contribution in [0.15, 0.2) is 53.4 Å². The predicted molar refractivity (Wildman–Crippen MR) is 97.1 cm³/mol. The monoisotopic (exact) mass is 430 g/mol. The van der Waals surface area contributed by atoms with Crippen molar-refractivity contribution in [1.82, 2.24) is 4.90 Å². The fraction of sp³-hybridized carbons (Fsp3) is 0.278. The number of hydrogen-bond donors (Lipinski definition) is 1. The number of benzene rings is 2. The summed E-state index contributed by atoms with van der Waals surface area (Å²) in [6, 6.07) is 10.2. The normalized spacial score (nSPS) is 15.1. The fourth-order valence-corrected chi connectivity index (χ4v) is 3.99. The lowest BCUT2D eigenvalue weighted by molar-refractivity contribution is -0.275. The van der Waals surface area contributed by atoms with Crippen LogP contribution in [0.1, 0.15) is 10.4 Å². The summed E-state index contributed by atoms with van der Waals surface area (Å²) >= 11 is 0. The van der Waals surface area contributed by atoms with E-state index in [4.69, 9.17) is 4.74 Å². The van der Waals surface area contributed by atoms with Crippen LogP contribution < -0.4 is 9.46 Å². The molecule has 0 spiro atoms. The van der Waals surface area contributed by atoms with Crippen molar-refractivity contribution in [2.75, 3.05) is 31.0 Å². The number of para-hydroxylation sites is 2. The third-order valence-corrected chi connectivity index (χ3v) is 5.47. The topological polar surface area (TPSA) is 84.9 Å². The zero-order valence-electron chi connectivity index (χ0n) is 15.0. The highest BCUT2D eigenvalue weighted by atomic mass is 32.2. The van der Waals surface area contributed by atoms with Gasteiger partial charge in [-0.05, 0) is 24.3 Å². The highest BCUT2D eigenvalue weighted by Crippen LogP contribution is 2.31. The third kappa shape index (κ3) is 5.18. The minimum atomic E-state index is -5.06. The average Bonchev–Trinajstić information content (AvgIpc) is 2.67. The molecular weight excluding hydrogens is 413 g/mol. The molecule has 1 heterocycles. The minimum Gasteiger partial charge on any atom is -0.404 e. The first-order valence-corrected chi connectivity index (χ1v) is 9.99. The molecule has 0 atom stereocenters. The number of ether oxygens (including phenoxy) is 2. The molecule has 3 rings (SSSR count). The van der Waals surface area contributed by atoms with E-state index in [1.165, 1.54) is 35.2 Å². The van der Waals surface area contributed by atoms with E-state index in [-0.39, 0.29) is 11.3 Å². The molecule has 1 fully saturated rings. The van der Waals surface area contributed by atoms with Crippen molar-refractivity contribution in [3.8, 4) is 5.75 Å². The molecule has 156 valence electrons. The van der Waals surface area contributed by atoms with Gasteiger partial charge in [-0.1, -0.05) is 24.3 Å². The second-order valence-electron chi connectivity index (χ2n) is 6.05. The van der Waals surface area contributed by atoms with Crippen LogP contribution in [0.4, 0.5) is 18.9 Å².